The number of nitrogens with one attached hydrogen (secondary N) is 1. The molecule has 3 nitrogen and oxygen atoms in total. The van der Waals surface area contributed by atoms with Crippen molar-refractivity contribution in [3.8, 4) is 5.75 Å². The van der Waals surface area contributed by atoms with Gasteiger partial charge in [0.25, 0.3) is 0 Å². The molecule has 3 rings (SSSR count). The first-order chi connectivity index (χ1) is 8.63. The van der Waals surface area contributed by atoms with Gasteiger partial charge in [-0.3, -0.25) is 0 Å². The highest BCUT2D eigenvalue weighted by atomic mass is 35.5. The molecule has 1 atom stereocenters. The summed E-state index contributed by atoms with van der Waals surface area (Å²) >= 11 is 6.22. The summed E-state index contributed by atoms with van der Waals surface area (Å²) in [5, 5.41) is 5.39. The zero-order valence-corrected chi connectivity index (χ0v) is 11.6. The number of methoxy groups -OCH3 is 1. The molecule has 1 unspecified atom stereocenters. The van der Waals surface area contributed by atoms with E-state index in [1.165, 1.54) is 22.2 Å². The lowest BCUT2D eigenvalue weighted by molar-refractivity contribution is 0.415. The highest BCUT2D eigenvalue weighted by molar-refractivity contribution is 6.32. The number of ether oxygens (including phenoxy) is 1. The first-order valence-corrected chi connectivity index (χ1v) is 6.56. The van der Waals surface area contributed by atoms with E-state index in [9.17, 15) is 0 Å². The predicted octanol–water partition coefficient (Wildman–Crippen LogP) is 3.05. The van der Waals surface area contributed by atoms with E-state index in [4.69, 9.17) is 16.3 Å². The monoisotopic (exact) mass is 264 g/mol. The topological polar surface area (TPSA) is 26.2 Å². The Morgan fingerprint density at radius 1 is 1.44 bits per heavy atom. The van der Waals surface area contributed by atoms with Crippen LogP contribution < -0.4 is 10.1 Å². The summed E-state index contributed by atoms with van der Waals surface area (Å²) in [7, 11) is 3.76. The molecule has 0 aliphatic carbocycles. The molecule has 18 heavy (non-hydrogen) atoms. The highest BCUT2D eigenvalue weighted by Gasteiger charge is 2.24. The number of hydrogen-bond acceptors (Lipinski definition) is 2. The van der Waals surface area contributed by atoms with Crippen molar-refractivity contribution in [1.29, 1.82) is 0 Å². The Morgan fingerprint density at radius 3 is 2.94 bits per heavy atom. The van der Waals surface area contributed by atoms with E-state index in [2.05, 4.69) is 29.9 Å². The molecule has 1 aromatic carbocycles. The first-order valence-electron chi connectivity index (χ1n) is 6.19. The van der Waals surface area contributed by atoms with Gasteiger partial charge in [0.2, 0.25) is 0 Å². The SMILES string of the molecule is COc1cc2c3c(n(C)c2cc1Cl)CNCC3C. The number of fused-ring (bicyclic) bond motifs is 3. The molecule has 1 N–H and O–H groups in total. The number of aryl methyl sites for hydroxylation is 1. The fourth-order valence-electron chi connectivity index (χ4n) is 2.95. The third kappa shape index (κ3) is 1.54. The normalized spacial score (nSPS) is 19.0. The second-order valence-electron chi connectivity index (χ2n) is 4.96. The van der Waals surface area contributed by atoms with Crippen molar-refractivity contribution < 1.29 is 4.74 Å². The van der Waals surface area contributed by atoms with Crippen LogP contribution in [0.2, 0.25) is 5.02 Å². The third-order valence-corrected chi connectivity index (χ3v) is 4.17. The Bertz CT molecular complexity index is 618. The summed E-state index contributed by atoms with van der Waals surface area (Å²) in [5.74, 6) is 1.27. The van der Waals surface area contributed by atoms with Crippen LogP contribution in [0.1, 0.15) is 24.1 Å². The van der Waals surface area contributed by atoms with E-state index in [0.29, 0.717) is 10.9 Å². The number of aromatic nitrogens is 1. The lowest BCUT2D eigenvalue weighted by Crippen LogP contribution is -2.27. The standard InChI is InChI=1S/C14H17ClN2O/c1-8-6-16-7-12-14(8)9-4-13(18-3)10(15)5-11(9)17(12)2/h4-5,8,16H,6-7H2,1-3H3. The molecule has 0 fully saturated rings. The third-order valence-electron chi connectivity index (χ3n) is 3.87. The van der Waals surface area contributed by atoms with Crippen LogP contribution in [0.3, 0.4) is 0 Å². The van der Waals surface area contributed by atoms with E-state index in [-0.39, 0.29) is 0 Å². The van der Waals surface area contributed by atoms with E-state index in [1.54, 1.807) is 7.11 Å². The smallest absolute Gasteiger partial charge is 0.138 e. The molecule has 2 aromatic rings. The zero-order chi connectivity index (χ0) is 12.9. The van der Waals surface area contributed by atoms with Crippen LogP contribution in [0.5, 0.6) is 5.75 Å². The molecule has 1 aliphatic heterocycles. The van der Waals surface area contributed by atoms with Crippen molar-refractivity contribution in [3.05, 3.63) is 28.4 Å². The minimum atomic E-state index is 0.517. The molecule has 0 saturated heterocycles. The number of nitrogens with zero attached hydrogens (tertiary/aromatic N) is 1. The van der Waals surface area contributed by atoms with Gasteiger partial charge in [-0.25, -0.2) is 0 Å². The fraction of sp³-hybridized carbons (Fsp3) is 0.429. The van der Waals surface area contributed by atoms with Crippen LogP contribution in [0, 0.1) is 0 Å². The Labute approximate surface area is 112 Å². The lowest BCUT2D eigenvalue weighted by atomic mass is 9.94. The number of hydrogen-bond donors (Lipinski definition) is 1. The van der Waals surface area contributed by atoms with E-state index in [1.807, 2.05) is 6.07 Å². The van der Waals surface area contributed by atoms with Crippen LogP contribution in [0.4, 0.5) is 0 Å². The van der Waals surface area contributed by atoms with Crippen LogP contribution in [0.25, 0.3) is 10.9 Å². The summed E-state index contributed by atoms with van der Waals surface area (Å²) in [6, 6.07) is 4.07. The van der Waals surface area contributed by atoms with Crippen LogP contribution in [0.15, 0.2) is 12.1 Å². The van der Waals surface area contributed by atoms with Crippen LogP contribution in [-0.4, -0.2) is 18.2 Å². The van der Waals surface area contributed by atoms with E-state index in [0.717, 1.165) is 18.8 Å². The molecule has 1 aliphatic rings. The Morgan fingerprint density at radius 2 is 2.22 bits per heavy atom. The van der Waals surface area contributed by atoms with E-state index >= 15 is 0 Å². The molecule has 0 amide bonds. The molecule has 0 saturated carbocycles. The maximum Gasteiger partial charge on any atom is 0.138 e. The molecule has 4 heteroatoms. The molecular formula is C14H17ClN2O. The Kier molecular flexibility index (Phi) is 2.76. The maximum atomic E-state index is 6.22. The second kappa shape index (κ2) is 4.18. The summed E-state index contributed by atoms with van der Waals surface area (Å²) in [5.41, 5.74) is 3.97. The van der Waals surface area contributed by atoms with Crippen molar-refractivity contribution in [2.24, 2.45) is 7.05 Å². The van der Waals surface area contributed by atoms with Gasteiger partial charge in [0, 0.05) is 31.2 Å². The average Bonchev–Trinajstić information content (AvgIpc) is 2.63. The van der Waals surface area contributed by atoms with Gasteiger partial charge in [0.15, 0.2) is 0 Å². The molecule has 0 bridgehead atoms. The molecule has 0 spiro atoms. The van der Waals surface area contributed by atoms with Crippen molar-refractivity contribution in [2.75, 3.05) is 13.7 Å². The molecule has 2 heterocycles. The molecular weight excluding hydrogens is 248 g/mol. The molecule has 1 aromatic heterocycles. The zero-order valence-electron chi connectivity index (χ0n) is 10.9. The van der Waals surface area contributed by atoms with E-state index < -0.39 is 0 Å². The predicted molar refractivity (Wildman–Crippen MR) is 74.6 cm³/mol. The Balaban J connectivity index is 2.37. The summed E-state index contributed by atoms with van der Waals surface area (Å²) in [4.78, 5) is 0. The van der Waals surface area contributed by atoms with Crippen molar-refractivity contribution in [1.82, 2.24) is 9.88 Å². The minimum Gasteiger partial charge on any atom is -0.495 e. The lowest BCUT2D eigenvalue weighted by Gasteiger charge is -2.21. The Hall–Kier alpha value is -1.19. The highest BCUT2D eigenvalue weighted by Crippen LogP contribution is 2.38. The first kappa shape index (κ1) is 11.9. The van der Waals surface area contributed by atoms with Gasteiger partial charge in [-0.05, 0) is 23.6 Å². The summed E-state index contributed by atoms with van der Waals surface area (Å²) in [6.45, 7) is 4.20. The van der Waals surface area contributed by atoms with Gasteiger partial charge in [-0.1, -0.05) is 18.5 Å². The van der Waals surface area contributed by atoms with Crippen LogP contribution >= 0.6 is 11.6 Å². The van der Waals surface area contributed by atoms with Gasteiger partial charge >= 0.3 is 0 Å². The van der Waals surface area contributed by atoms with Gasteiger partial charge in [-0.2, -0.15) is 0 Å². The quantitative estimate of drug-likeness (QED) is 0.857. The second-order valence-corrected chi connectivity index (χ2v) is 5.36. The number of rotatable bonds is 1. The summed E-state index contributed by atoms with van der Waals surface area (Å²) in [6.07, 6.45) is 0. The van der Waals surface area contributed by atoms with Crippen LogP contribution in [-0.2, 0) is 13.6 Å². The van der Waals surface area contributed by atoms with Gasteiger partial charge < -0.3 is 14.6 Å². The molecule has 0 radical (unpaired) electrons. The number of benzene rings is 1. The van der Waals surface area contributed by atoms with Gasteiger partial charge in [0.1, 0.15) is 5.75 Å². The fourth-order valence-corrected chi connectivity index (χ4v) is 3.18. The molecule has 96 valence electrons. The van der Waals surface area contributed by atoms with Crippen molar-refractivity contribution >= 4 is 22.5 Å². The minimum absolute atomic E-state index is 0.517. The number of halogens is 1. The van der Waals surface area contributed by atoms with Crippen molar-refractivity contribution in [2.45, 2.75) is 19.4 Å². The summed E-state index contributed by atoms with van der Waals surface area (Å²) < 4.78 is 7.57. The average molecular weight is 265 g/mol. The van der Waals surface area contributed by atoms with Crippen molar-refractivity contribution in [3.63, 3.8) is 0 Å². The van der Waals surface area contributed by atoms with Gasteiger partial charge in [0.05, 0.1) is 17.6 Å². The van der Waals surface area contributed by atoms with Gasteiger partial charge in [-0.15, -0.1) is 0 Å². The largest absolute Gasteiger partial charge is 0.495 e. The maximum absolute atomic E-state index is 6.22.